The highest BCUT2D eigenvalue weighted by molar-refractivity contribution is 5.70. The summed E-state index contributed by atoms with van der Waals surface area (Å²) in [5, 5.41) is 13.2. The zero-order valence-electron chi connectivity index (χ0n) is 13.5. The zero-order valence-corrected chi connectivity index (χ0v) is 13.5. The second kappa shape index (κ2) is 7.77. The van der Waals surface area contributed by atoms with Crippen molar-refractivity contribution in [2.75, 3.05) is 0 Å². The summed E-state index contributed by atoms with van der Waals surface area (Å²) in [7, 11) is 0. The van der Waals surface area contributed by atoms with Gasteiger partial charge < -0.3 is 15.2 Å². The molecule has 5 nitrogen and oxygen atoms in total. The van der Waals surface area contributed by atoms with Gasteiger partial charge >= 0.3 is 6.09 Å². The van der Waals surface area contributed by atoms with Gasteiger partial charge in [-0.1, -0.05) is 38.2 Å². The predicted molar refractivity (Wildman–Crippen MR) is 86.8 cm³/mol. The van der Waals surface area contributed by atoms with Crippen LogP contribution in [-0.2, 0) is 4.74 Å². The molecule has 1 aliphatic heterocycles. The molecule has 1 aromatic heterocycles. The van der Waals surface area contributed by atoms with Crippen molar-refractivity contribution in [1.29, 1.82) is 0 Å². The lowest BCUT2D eigenvalue weighted by molar-refractivity contribution is 0.0949. The van der Waals surface area contributed by atoms with Crippen molar-refractivity contribution in [1.82, 2.24) is 10.3 Å². The number of aliphatic hydroxyl groups excluding tert-OH is 1. The zero-order chi connectivity index (χ0) is 16.1. The molecule has 1 saturated heterocycles. The molecule has 0 aromatic carbocycles. The maximum atomic E-state index is 11.6. The first-order chi connectivity index (χ1) is 11.2. The number of aliphatic hydroxyl groups is 1. The van der Waals surface area contributed by atoms with Gasteiger partial charge in [0.05, 0.1) is 17.8 Å². The molecular weight excluding hydrogens is 292 g/mol. The Morgan fingerprint density at radius 3 is 2.87 bits per heavy atom. The summed E-state index contributed by atoms with van der Waals surface area (Å²) >= 11 is 0. The summed E-state index contributed by atoms with van der Waals surface area (Å²) < 4.78 is 5.42. The lowest BCUT2D eigenvalue weighted by Crippen LogP contribution is -2.34. The quantitative estimate of drug-likeness (QED) is 0.844. The Morgan fingerprint density at radius 1 is 1.30 bits per heavy atom. The van der Waals surface area contributed by atoms with E-state index in [-0.39, 0.29) is 18.2 Å². The van der Waals surface area contributed by atoms with E-state index in [1.165, 1.54) is 32.1 Å². The Kier molecular flexibility index (Phi) is 5.49. The molecule has 0 radical (unpaired) electrons. The Balaban J connectivity index is 1.51. The number of carbonyl (C=O) groups excluding carboxylic acids is 1. The molecule has 0 bridgehead atoms. The summed E-state index contributed by atoms with van der Waals surface area (Å²) in [5.74, 6) is 0.693. The highest BCUT2D eigenvalue weighted by Gasteiger charge is 2.35. The third-order valence-corrected chi connectivity index (χ3v) is 5.08. The van der Waals surface area contributed by atoms with E-state index in [0.717, 1.165) is 6.42 Å². The van der Waals surface area contributed by atoms with Crippen LogP contribution in [0.1, 0.15) is 63.2 Å². The number of amides is 1. The van der Waals surface area contributed by atoms with E-state index < -0.39 is 6.10 Å². The third-order valence-electron chi connectivity index (χ3n) is 5.08. The minimum absolute atomic E-state index is 0.0848. The number of nitrogens with zero attached hydrogens (tertiary/aromatic N) is 1. The maximum absolute atomic E-state index is 11.6. The lowest BCUT2D eigenvalue weighted by atomic mass is 9.83. The van der Waals surface area contributed by atoms with Crippen LogP contribution in [0.3, 0.4) is 0 Å². The number of carbonyl (C=O) groups is 1. The number of rotatable bonds is 6. The Hall–Kier alpha value is -1.62. The number of cyclic esters (lactones) is 1. The molecule has 1 aromatic rings. The summed E-state index contributed by atoms with van der Waals surface area (Å²) in [5.41, 5.74) is 0.675. The normalized spacial score (nSPS) is 26.6. The predicted octanol–water partition coefficient (Wildman–Crippen LogP) is 3.34. The molecule has 1 amide bonds. The molecule has 3 atom stereocenters. The fourth-order valence-electron chi connectivity index (χ4n) is 3.79. The first kappa shape index (κ1) is 16.2. The van der Waals surface area contributed by atoms with Gasteiger partial charge in [0.15, 0.2) is 0 Å². The van der Waals surface area contributed by atoms with Crippen LogP contribution in [-0.4, -0.2) is 28.3 Å². The van der Waals surface area contributed by atoms with Gasteiger partial charge in [-0.15, -0.1) is 0 Å². The second-order valence-electron chi connectivity index (χ2n) is 6.78. The van der Waals surface area contributed by atoms with Crippen molar-refractivity contribution >= 4 is 6.09 Å². The standard InChI is InChI=1S/C18H26N2O3/c21-16(14-8-4-5-11-19-14)9-10-17-15(20-18(22)23-17)12-13-6-2-1-3-7-13/h4-5,8,11,13,15-17,21H,1-3,6-7,9-10,12H2,(H,20,22)/t15?,16-,17?/m0/s1. The van der Waals surface area contributed by atoms with Gasteiger partial charge in [-0.3, -0.25) is 4.98 Å². The highest BCUT2D eigenvalue weighted by atomic mass is 16.6. The Morgan fingerprint density at radius 2 is 2.13 bits per heavy atom. The van der Waals surface area contributed by atoms with Gasteiger partial charge in [-0.2, -0.15) is 0 Å². The topological polar surface area (TPSA) is 71.5 Å². The molecule has 23 heavy (non-hydrogen) atoms. The van der Waals surface area contributed by atoms with Gasteiger partial charge in [-0.05, 0) is 37.3 Å². The maximum Gasteiger partial charge on any atom is 0.407 e. The van der Waals surface area contributed by atoms with Gasteiger partial charge in [0, 0.05) is 6.20 Å². The number of hydrogen-bond donors (Lipinski definition) is 2. The summed E-state index contributed by atoms with van der Waals surface area (Å²) in [6.07, 6.45) is 9.29. The highest BCUT2D eigenvalue weighted by Crippen LogP contribution is 2.31. The number of ether oxygens (including phenoxy) is 1. The summed E-state index contributed by atoms with van der Waals surface area (Å²) in [6.45, 7) is 0. The van der Waals surface area contributed by atoms with Gasteiger partial charge in [0.1, 0.15) is 6.10 Å². The molecule has 2 unspecified atom stereocenters. The molecule has 2 aliphatic rings. The number of hydrogen-bond acceptors (Lipinski definition) is 4. The minimum Gasteiger partial charge on any atom is -0.444 e. The van der Waals surface area contributed by atoms with Crippen LogP contribution in [0.5, 0.6) is 0 Å². The molecule has 2 heterocycles. The molecule has 3 rings (SSSR count). The molecule has 2 N–H and O–H groups in total. The third kappa shape index (κ3) is 4.44. The minimum atomic E-state index is -0.606. The Labute approximate surface area is 137 Å². The molecule has 2 fully saturated rings. The van der Waals surface area contributed by atoms with Crippen LogP contribution in [0.4, 0.5) is 4.79 Å². The van der Waals surface area contributed by atoms with Crippen molar-refractivity contribution in [3.05, 3.63) is 30.1 Å². The second-order valence-corrected chi connectivity index (χ2v) is 6.78. The molecule has 1 saturated carbocycles. The van der Waals surface area contributed by atoms with E-state index in [1.54, 1.807) is 6.20 Å². The number of alkyl carbamates (subject to hydrolysis) is 1. The average Bonchev–Trinajstić information content (AvgIpc) is 2.94. The molecule has 5 heteroatoms. The monoisotopic (exact) mass is 318 g/mol. The SMILES string of the molecule is O=C1NC(CC2CCCCC2)C(CC[C@H](O)c2ccccn2)O1. The van der Waals surface area contributed by atoms with Crippen molar-refractivity contribution in [2.24, 2.45) is 5.92 Å². The summed E-state index contributed by atoms with van der Waals surface area (Å²) in [6, 6.07) is 5.61. The van der Waals surface area contributed by atoms with Crippen LogP contribution in [0.15, 0.2) is 24.4 Å². The van der Waals surface area contributed by atoms with E-state index in [1.807, 2.05) is 18.2 Å². The van der Waals surface area contributed by atoms with Crippen molar-refractivity contribution in [3.63, 3.8) is 0 Å². The van der Waals surface area contributed by atoms with E-state index in [2.05, 4.69) is 10.3 Å². The lowest BCUT2D eigenvalue weighted by Gasteiger charge is -2.26. The van der Waals surface area contributed by atoms with Gasteiger partial charge in [0.2, 0.25) is 0 Å². The van der Waals surface area contributed by atoms with Crippen LogP contribution in [0, 0.1) is 5.92 Å². The van der Waals surface area contributed by atoms with Crippen molar-refractivity contribution < 1.29 is 14.6 Å². The average molecular weight is 318 g/mol. The number of nitrogens with one attached hydrogen (secondary N) is 1. The van der Waals surface area contributed by atoms with E-state index in [9.17, 15) is 9.90 Å². The van der Waals surface area contributed by atoms with E-state index in [4.69, 9.17) is 4.74 Å². The fourth-order valence-corrected chi connectivity index (χ4v) is 3.79. The number of pyridine rings is 1. The van der Waals surface area contributed by atoms with E-state index in [0.29, 0.717) is 24.5 Å². The molecule has 1 aliphatic carbocycles. The fraction of sp³-hybridized carbons (Fsp3) is 0.667. The van der Waals surface area contributed by atoms with Gasteiger partial charge in [0.25, 0.3) is 0 Å². The smallest absolute Gasteiger partial charge is 0.407 e. The largest absolute Gasteiger partial charge is 0.444 e. The van der Waals surface area contributed by atoms with Crippen molar-refractivity contribution in [3.8, 4) is 0 Å². The summed E-state index contributed by atoms with van der Waals surface area (Å²) in [4.78, 5) is 15.8. The molecule has 126 valence electrons. The van der Waals surface area contributed by atoms with E-state index >= 15 is 0 Å². The Bertz CT molecular complexity index is 502. The molecule has 0 spiro atoms. The van der Waals surface area contributed by atoms with Crippen LogP contribution in [0.25, 0.3) is 0 Å². The first-order valence-corrected chi connectivity index (χ1v) is 8.78. The van der Waals surface area contributed by atoms with Crippen LogP contribution >= 0.6 is 0 Å². The first-order valence-electron chi connectivity index (χ1n) is 8.78. The van der Waals surface area contributed by atoms with Gasteiger partial charge in [-0.25, -0.2) is 4.79 Å². The molecular formula is C18H26N2O3. The van der Waals surface area contributed by atoms with Crippen LogP contribution < -0.4 is 5.32 Å². The van der Waals surface area contributed by atoms with Crippen molar-refractivity contribution in [2.45, 2.75) is 69.6 Å². The van der Waals surface area contributed by atoms with Crippen LogP contribution in [0.2, 0.25) is 0 Å². The number of aromatic nitrogens is 1.